The minimum atomic E-state index is -0.920. The van der Waals surface area contributed by atoms with Crippen molar-refractivity contribution in [2.75, 3.05) is 11.9 Å². The number of hydrogen-bond acceptors (Lipinski definition) is 4. The van der Waals surface area contributed by atoms with Crippen LogP contribution in [0.2, 0.25) is 0 Å². The predicted molar refractivity (Wildman–Crippen MR) is 90.9 cm³/mol. The maximum atomic E-state index is 12.4. The first-order chi connectivity index (χ1) is 11.6. The molecule has 0 aliphatic carbocycles. The molecular formula is C19H17NO4. The average molecular weight is 323 g/mol. The highest BCUT2D eigenvalue weighted by Crippen LogP contribution is 2.20. The topological polar surface area (TPSA) is 59.8 Å². The van der Waals surface area contributed by atoms with E-state index in [2.05, 4.69) is 0 Å². The van der Waals surface area contributed by atoms with Crippen LogP contribution >= 0.6 is 0 Å². The molecule has 1 heterocycles. The van der Waals surface area contributed by atoms with Crippen molar-refractivity contribution >= 4 is 28.5 Å². The molecule has 122 valence electrons. The second-order valence-electron chi connectivity index (χ2n) is 5.43. The van der Waals surface area contributed by atoms with Crippen LogP contribution in [0, 0.1) is 0 Å². The number of fused-ring (bicyclic) bond motifs is 1. The lowest BCUT2D eigenvalue weighted by Gasteiger charge is -2.21. The lowest BCUT2D eigenvalue weighted by Crippen LogP contribution is -2.37. The van der Waals surface area contributed by atoms with Crippen LogP contribution in [0.4, 0.5) is 5.69 Å². The van der Waals surface area contributed by atoms with Gasteiger partial charge < -0.3 is 14.1 Å². The third-order valence-corrected chi connectivity index (χ3v) is 3.73. The zero-order chi connectivity index (χ0) is 17.1. The molecule has 0 radical (unpaired) electrons. The van der Waals surface area contributed by atoms with Crippen LogP contribution in [-0.2, 0) is 9.53 Å². The zero-order valence-electron chi connectivity index (χ0n) is 13.4. The van der Waals surface area contributed by atoms with Gasteiger partial charge >= 0.3 is 5.97 Å². The number of amides is 1. The third-order valence-electron chi connectivity index (χ3n) is 3.73. The van der Waals surface area contributed by atoms with E-state index in [0.29, 0.717) is 5.58 Å². The Hall–Kier alpha value is -3.08. The Morgan fingerprint density at radius 2 is 1.71 bits per heavy atom. The normalized spacial score (nSPS) is 11.9. The number of likely N-dealkylation sites (N-methyl/N-ethyl adjacent to an activating group) is 1. The Morgan fingerprint density at radius 1 is 1.04 bits per heavy atom. The van der Waals surface area contributed by atoms with Crippen molar-refractivity contribution in [2.45, 2.75) is 13.0 Å². The number of ether oxygens (including phenoxy) is 1. The van der Waals surface area contributed by atoms with Crippen molar-refractivity contribution in [1.82, 2.24) is 0 Å². The largest absolute Gasteiger partial charge is 0.449 e. The quantitative estimate of drug-likeness (QED) is 0.688. The molecule has 0 N–H and O–H groups in total. The molecule has 1 aromatic heterocycles. The van der Waals surface area contributed by atoms with Crippen LogP contribution in [0.3, 0.4) is 0 Å². The van der Waals surface area contributed by atoms with E-state index in [0.717, 1.165) is 11.1 Å². The second-order valence-corrected chi connectivity index (χ2v) is 5.43. The molecule has 2 aromatic carbocycles. The molecule has 5 heteroatoms. The van der Waals surface area contributed by atoms with E-state index in [9.17, 15) is 9.59 Å². The molecule has 24 heavy (non-hydrogen) atoms. The fraction of sp³-hybridized carbons (Fsp3) is 0.158. The van der Waals surface area contributed by atoms with Crippen LogP contribution < -0.4 is 4.90 Å². The first-order valence-corrected chi connectivity index (χ1v) is 7.58. The Labute approximate surface area is 139 Å². The fourth-order valence-electron chi connectivity index (χ4n) is 2.40. The summed E-state index contributed by atoms with van der Waals surface area (Å²) in [6.45, 7) is 1.54. The van der Waals surface area contributed by atoms with Crippen LogP contribution in [0.1, 0.15) is 17.5 Å². The first-order valence-electron chi connectivity index (χ1n) is 7.58. The summed E-state index contributed by atoms with van der Waals surface area (Å²) in [6.07, 6.45) is -0.920. The van der Waals surface area contributed by atoms with Crippen molar-refractivity contribution in [3.63, 3.8) is 0 Å². The summed E-state index contributed by atoms with van der Waals surface area (Å²) in [5.41, 5.74) is 1.33. The summed E-state index contributed by atoms with van der Waals surface area (Å²) in [5, 5.41) is 0.810. The summed E-state index contributed by atoms with van der Waals surface area (Å²) in [4.78, 5) is 26.1. The number of para-hydroxylation sites is 2. The molecular weight excluding hydrogens is 306 g/mol. The highest BCUT2D eigenvalue weighted by atomic mass is 16.6. The Balaban J connectivity index is 1.70. The first kappa shape index (κ1) is 15.8. The maximum Gasteiger partial charge on any atom is 0.375 e. The van der Waals surface area contributed by atoms with Crippen LogP contribution in [0.25, 0.3) is 11.0 Å². The minimum Gasteiger partial charge on any atom is -0.449 e. The van der Waals surface area contributed by atoms with Gasteiger partial charge in [0.15, 0.2) is 6.10 Å². The van der Waals surface area contributed by atoms with Crippen molar-refractivity contribution in [1.29, 1.82) is 0 Å². The van der Waals surface area contributed by atoms with E-state index in [4.69, 9.17) is 9.15 Å². The predicted octanol–water partition coefficient (Wildman–Crippen LogP) is 3.64. The molecule has 3 aromatic rings. The number of esters is 1. The van der Waals surface area contributed by atoms with E-state index in [1.165, 1.54) is 4.90 Å². The smallest absolute Gasteiger partial charge is 0.375 e. The molecule has 0 unspecified atom stereocenters. The van der Waals surface area contributed by atoms with Crippen LogP contribution in [-0.4, -0.2) is 25.0 Å². The lowest BCUT2D eigenvalue weighted by molar-refractivity contribution is -0.126. The number of nitrogens with zero attached hydrogens (tertiary/aromatic N) is 1. The molecule has 0 saturated heterocycles. The SMILES string of the molecule is C[C@@H](OC(=O)c1cc2ccccc2o1)C(=O)N(C)c1ccccc1. The summed E-state index contributed by atoms with van der Waals surface area (Å²) in [7, 11) is 1.64. The maximum absolute atomic E-state index is 12.4. The standard InChI is InChI=1S/C19H17NO4/c1-13(18(21)20(2)15-9-4-3-5-10-15)23-19(22)17-12-14-8-6-7-11-16(14)24-17/h3-13H,1-2H3/t13-/m1/s1. The molecule has 0 spiro atoms. The molecule has 0 fully saturated rings. The highest BCUT2D eigenvalue weighted by molar-refractivity contribution is 5.99. The molecule has 1 amide bonds. The number of carbonyl (C=O) groups is 2. The van der Waals surface area contributed by atoms with E-state index in [-0.39, 0.29) is 11.7 Å². The van der Waals surface area contributed by atoms with E-state index >= 15 is 0 Å². The van der Waals surface area contributed by atoms with E-state index in [1.807, 2.05) is 48.5 Å². The van der Waals surface area contributed by atoms with Gasteiger partial charge in [0.25, 0.3) is 5.91 Å². The van der Waals surface area contributed by atoms with Gasteiger partial charge in [0.2, 0.25) is 5.76 Å². The fourth-order valence-corrected chi connectivity index (χ4v) is 2.40. The Bertz CT molecular complexity index is 836. The molecule has 1 atom stereocenters. The van der Waals surface area contributed by atoms with Gasteiger partial charge in [-0.3, -0.25) is 4.79 Å². The van der Waals surface area contributed by atoms with Crippen molar-refractivity contribution in [3.8, 4) is 0 Å². The van der Waals surface area contributed by atoms with E-state index < -0.39 is 12.1 Å². The van der Waals surface area contributed by atoms with Gasteiger partial charge in [-0.2, -0.15) is 0 Å². The molecule has 0 bridgehead atoms. The number of hydrogen-bond donors (Lipinski definition) is 0. The van der Waals surface area contributed by atoms with Gasteiger partial charge in [-0.15, -0.1) is 0 Å². The Kier molecular flexibility index (Phi) is 4.33. The number of anilines is 1. The number of furan rings is 1. The summed E-state index contributed by atoms with van der Waals surface area (Å²) in [6, 6.07) is 18.1. The number of rotatable bonds is 4. The Morgan fingerprint density at radius 3 is 2.42 bits per heavy atom. The monoisotopic (exact) mass is 323 g/mol. The van der Waals surface area contributed by atoms with E-state index in [1.54, 1.807) is 26.1 Å². The van der Waals surface area contributed by atoms with Crippen molar-refractivity contribution in [2.24, 2.45) is 0 Å². The summed E-state index contributed by atoms with van der Waals surface area (Å²) < 4.78 is 10.7. The third kappa shape index (κ3) is 3.15. The summed E-state index contributed by atoms with van der Waals surface area (Å²) >= 11 is 0. The average Bonchev–Trinajstić information content (AvgIpc) is 3.05. The van der Waals surface area contributed by atoms with Gasteiger partial charge in [0.1, 0.15) is 5.58 Å². The van der Waals surface area contributed by atoms with Crippen molar-refractivity contribution in [3.05, 3.63) is 66.4 Å². The second kappa shape index (κ2) is 6.58. The molecule has 5 nitrogen and oxygen atoms in total. The van der Waals surface area contributed by atoms with Gasteiger partial charge in [-0.05, 0) is 31.2 Å². The van der Waals surface area contributed by atoms with Crippen LogP contribution in [0.15, 0.2) is 65.1 Å². The van der Waals surface area contributed by atoms with Crippen molar-refractivity contribution < 1.29 is 18.7 Å². The lowest BCUT2D eigenvalue weighted by atomic mass is 10.2. The molecule has 0 aliphatic heterocycles. The molecule has 3 rings (SSSR count). The van der Waals surface area contributed by atoms with Gasteiger partial charge in [0.05, 0.1) is 0 Å². The molecule has 0 aliphatic rings. The highest BCUT2D eigenvalue weighted by Gasteiger charge is 2.24. The minimum absolute atomic E-state index is 0.0817. The van der Waals surface area contributed by atoms with Gasteiger partial charge in [0, 0.05) is 18.1 Å². The number of benzene rings is 2. The van der Waals surface area contributed by atoms with Gasteiger partial charge in [-0.25, -0.2) is 4.79 Å². The summed E-state index contributed by atoms with van der Waals surface area (Å²) in [5.74, 6) is -0.891. The molecule has 0 saturated carbocycles. The number of carbonyl (C=O) groups excluding carboxylic acids is 2. The van der Waals surface area contributed by atoms with Crippen LogP contribution in [0.5, 0.6) is 0 Å². The van der Waals surface area contributed by atoms with Gasteiger partial charge in [-0.1, -0.05) is 36.4 Å². The zero-order valence-corrected chi connectivity index (χ0v) is 13.4.